The first-order valence-corrected chi connectivity index (χ1v) is 8.74. The van der Waals surface area contributed by atoms with Gasteiger partial charge in [-0.25, -0.2) is 4.68 Å². The summed E-state index contributed by atoms with van der Waals surface area (Å²) in [6.45, 7) is 2.74. The number of halogens is 1. The molecule has 0 saturated carbocycles. The third-order valence-corrected chi connectivity index (χ3v) is 5.54. The predicted octanol–water partition coefficient (Wildman–Crippen LogP) is -0.800. The van der Waals surface area contributed by atoms with Crippen molar-refractivity contribution in [2.24, 2.45) is 11.8 Å². The molecule has 1 aromatic heterocycles. The van der Waals surface area contributed by atoms with Crippen LogP contribution in [-0.2, 0) is 16.1 Å². The van der Waals surface area contributed by atoms with E-state index in [0.29, 0.717) is 25.4 Å². The molecule has 3 saturated heterocycles. The van der Waals surface area contributed by atoms with E-state index in [0.717, 1.165) is 32.4 Å². The van der Waals surface area contributed by atoms with E-state index in [4.69, 9.17) is 0 Å². The van der Waals surface area contributed by atoms with Gasteiger partial charge in [-0.2, -0.15) is 0 Å². The molecule has 3 aliphatic rings. The van der Waals surface area contributed by atoms with Gasteiger partial charge in [0.05, 0.1) is 6.54 Å². The summed E-state index contributed by atoms with van der Waals surface area (Å²) in [6.07, 6.45) is 5.07. The van der Waals surface area contributed by atoms with Gasteiger partial charge >= 0.3 is 0 Å². The monoisotopic (exact) mass is 369 g/mol. The van der Waals surface area contributed by atoms with Gasteiger partial charge in [-0.1, -0.05) is 0 Å². The summed E-state index contributed by atoms with van der Waals surface area (Å²) in [4.78, 5) is 27.3. The van der Waals surface area contributed by atoms with Crippen LogP contribution in [0.25, 0.3) is 0 Å². The number of nitrogens with zero attached hydrogens (tertiary/aromatic N) is 5. The van der Waals surface area contributed by atoms with Crippen molar-refractivity contribution >= 4 is 24.2 Å². The third kappa shape index (κ3) is 3.48. The second-order valence-corrected chi connectivity index (χ2v) is 6.98. The second kappa shape index (κ2) is 7.65. The second-order valence-electron chi connectivity index (χ2n) is 6.98. The van der Waals surface area contributed by atoms with Gasteiger partial charge in [-0.3, -0.25) is 9.59 Å². The molecule has 25 heavy (non-hydrogen) atoms. The topological polar surface area (TPSA) is 105 Å². The largest absolute Gasteiger partial charge is 0.352 e. The zero-order valence-electron chi connectivity index (χ0n) is 14.0. The molecule has 0 unspecified atom stereocenters. The van der Waals surface area contributed by atoms with Crippen LogP contribution in [0.3, 0.4) is 0 Å². The lowest BCUT2D eigenvalue weighted by molar-refractivity contribution is -0.157. The Labute approximate surface area is 152 Å². The van der Waals surface area contributed by atoms with Crippen molar-refractivity contribution in [2.45, 2.75) is 44.3 Å². The number of fused-ring (bicyclic) bond motifs is 4. The molecule has 0 aliphatic carbocycles. The van der Waals surface area contributed by atoms with Gasteiger partial charge in [0.1, 0.15) is 12.4 Å². The quantitative estimate of drug-likeness (QED) is 0.720. The Morgan fingerprint density at radius 1 is 1.36 bits per heavy atom. The molecular weight excluding hydrogens is 346 g/mol. The van der Waals surface area contributed by atoms with Crippen molar-refractivity contribution in [2.75, 3.05) is 19.6 Å². The van der Waals surface area contributed by atoms with Gasteiger partial charge in [0.15, 0.2) is 0 Å². The maximum atomic E-state index is 12.8. The summed E-state index contributed by atoms with van der Waals surface area (Å²) in [5, 5.41) is 17.3. The molecule has 10 heteroatoms. The molecule has 2 amide bonds. The molecular formula is C15H24ClN7O2. The Balaban J connectivity index is 0.00000182. The number of carbonyl (C=O) groups excluding carboxylic acids is 2. The van der Waals surface area contributed by atoms with Crippen molar-refractivity contribution in [3.8, 4) is 0 Å². The molecule has 1 aromatic rings. The van der Waals surface area contributed by atoms with Gasteiger partial charge in [0.2, 0.25) is 11.8 Å². The molecule has 4 atom stereocenters. The molecule has 0 aromatic carbocycles. The average molecular weight is 370 g/mol. The van der Waals surface area contributed by atoms with Gasteiger partial charge in [-0.15, -0.1) is 17.5 Å². The van der Waals surface area contributed by atoms with Gasteiger partial charge in [-0.05, 0) is 42.2 Å². The fourth-order valence-electron chi connectivity index (χ4n) is 4.53. The van der Waals surface area contributed by atoms with Crippen molar-refractivity contribution in [1.29, 1.82) is 0 Å². The Hall–Kier alpha value is -1.74. The lowest BCUT2D eigenvalue weighted by atomic mass is 9.72. The highest BCUT2D eigenvalue weighted by atomic mass is 35.5. The molecule has 4 rings (SSSR count). The highest BCUT2D eigenvalue weighted by Gasteiger charge is 2.50. The van der Waals surface area contributed by atoms with Crippen molar-refractivity contribution in [3.63, 3.8) is 0 Å². The summed E-state index contributed by atoms with van der Waals surface area (Å²) >= 11 is 0. The number of amides is 2. The van der Waals surface area contributed by atoms with Gasteiger partial charge in [0.25, 0.3) is 0 Å². The maximum absolute atomic E-state index is 12.8. The Morgan fingerprint density at radius 2 is 2.20 bits per heavy atom. The maximum Gasteiger partial charge on any atom is 0.243 e. The fraction of sp³-hybridized carbons (Fsp3) is 0.800. The number of carbonyl (C=O) groups is 2. The van der Waals surface area contributed by atoms with Crippen LogP contribution in [0.1, 0.15) is 25.7 Å². The number of hydrogen-bond acceptors (Lipinski definition) is 6. The summed E-state index contributed by atoms with van der Waals surface area (Å²) in [5.41, 5.74) is 0. The zero-order valence-corrected chi connectivity index (χ0v) is 14.8. The first-order valence-electron chi connectivity index (χ1n) is 8.74. The predicted molar refractivity (Wildman–Crippen MR) is 90.8 cm³/mol. The number of nitrogens with one attached hydrogen (secondary N) is 2. The Bertz CT molecular complexity index is 611. The summed E-state index contributed by atoms with van der Waals surface area (Å²) < 4.78 is 1.58. The van der Waals surface area contributed by atoms with Crippen molar-refractivity contribution in [1.82, 2.24) is 35.7 Å². The fourth-order valence-corrected chi connectivity index (χ4v) is 4.53. The number of piperidine rings is 3. The Kier molecular flexibility index (Phi) is 5.53. The standard InChI is InChI=1S/C15H23N7O2.ClH/c23-13-3-1-2-12-10-6-11(8-16-7-10)14(22(12)13)15(24)17-4-5-21-9-18-19-20-21;/h9-12,14,16H,1-8H2,(H,17,24);1H/t10-,11+,12+,14-;/m1./s1. The highest BCUT2D eigenvalue weighted by Crippen LogP contribution is 2.39. The first-order chi connectivity index (χ1) is 11.7. The normalized spacial score (nSPS) is 31.0. The van der Waals surface area contributed by atoms with Gasteiger partial charge < -0.3 is 15.5 Å². The van der Waals surface area contributed by atoms with Crippen molar-refractivity contribution in [3.05, 3.63) is 6.33 Å². The molecule has 4 heterocycles. The first kappa shape index (κ1) is 18.1. The molecule has 0 spiro atoms. The molecule has 3 fully saturated rings. The van der Waals surface area contributed by atoms with E-state index < -0.39 is 0 Å². The SMILES string of the molecule is Cl.O=C(NCCn1cnnn1)[C@H]1[C@@H]2CNC[C@@H](C2)[C@@H]2CCCC(=O)N21. The molecule has 9 nitrogen and oxygen atoms in total. The summed E-state index contributed by atoms with van der Waals surface area (Å²) in [6, 6.07) is -0.133. The minimum absolute atomic E-state index is 0. The van der Waals surface area contributed by atoms with E-state index in [2.05, 4.69) is 26.2 Å². The number of rotatable bonds is 4. The van der Waals surface area contributed by atoms with E-state index in [1.165, 1.54) is 6.33 Å². The van der Waals surface area contributed by atoms with Crippen molar-refractivity contribution < 1.29 is 9.59 Å². The molecule has 3 aliphatic heterocycles. The van der Waals surface area contributed by atoms with Gasteiger partial charge in [0, 0.05) is 31.5 Å². The molecule has 0 radical (unpaired) electrons. The smallest absolute Gasteiger partial charge is 0.243 e. The minimum Gasteiger partial charge on any atom is -0.352 e. The van der Waals surface area contributed by atoms with Crippen LogP contribution >= 0.6 is 12.4 Å². The number of tetrazole rings is 1. The van der Waals surface area contributed by atoms with E-state index in [-0.39, 0.29) is 42.2 Å². The van der Waals surface area contributed by atoms with Crippen LogP contribution in [0, 0.1) is 11.8 Å². The van der Waals surface area contributed by atoms with E-state index in [1.54, 1.807) is 4.68 Å². The lowest BCUT2D eigenvalue weighted by Gasteiger charge is -2.53. The Morgan fingerprint density at radius 3 is 3.00 bits per heavy atom. The van der Waals surface area contributed by atoms with Crippen LogP contribution in [0.15, 0.2) is 6.33 Å². The van der Waals surface area contributed by atoms with E-state index >= 15 is 0 Å². The number of hydrogen-bond donors (Lipinski definition) is 2. The number of aromatic nitrogens is 4. The lowest BCUT2D eigenvalue weighted by Crippen LogP contribution is -2.68. The van der Waals surface area contributed by atoms with Crippen LogP contribution < -0.4 is 10.6 Å². The van der Waals surface area contributed by atoms with Crippen LogP contribution in [0.2, 0.25) is 0 Å². The highest BCUT2D eigenvalue weighted by molar-refractivity contribution is 5.89. The van der Waals surface area contributed by atoms with E-state index in [1.807, 2.05) is 4.90 Å². The van der Waals surface area contributed by atoms with Crippen LogP contribution in [0.4, 0.5) is 0 Å². The third-order valence-electron chi connectivity index (χ3n) is 5.54. The average Bonchev–Trinajstić information content (AvgIpc) is 3.10. The minimum atomic E-state index is -0.347. The molecule has 2 N–H and O–H groups in total. The molecule has 2 bridgehead atoms. The summed E-state index contributed by atoms with van der Waals surface area (Å²) in [5.74, 6) is 0.785. The summed E-state index contributed by atoms with van der Waals surface area (Å²) in [7, 11) is 0. The van der Waals surface area contributed by atoms with Crippen LogP contribution in [-0.4, -0.2) is 68.6 Å². The van der Waals surface area contributed by atoms with Crippen LogP contribution in [0.5, 0.6) is 0 Å². The zero-order chi connectivity index (χ0) is 16.5. The van der Waals surface area contributed by atoms with E-state index in [9.17, 15) is 9.59 Å². The molecule has 138 valence electrons.